The van der Waals surface area contributed by atoms with E-state index in [-0.39, 0.29) is 19.1 Å². The number of benzene rings is 3. The predicted octanol–water partition coefficient (Wildman–Crippen LogP) is 4.57. The fourth-order valence-electron chi connectivity index (χ4n) is 3.74. The molecule has 0 spiro atoms. The van der Waals surface area contributed by atoms with Crippen molar-refractivity contribution < 1.29 is 14.9 Å². The maximum atomic E-state index is 10.6. The molecule has 0 aliphatic carbocycles. The summed E-state index contributed by atoms with van der Waals surface area (Å²) >= 11 is 0. The number of aliphatic hydroxyl groups is 2. The van der Waals surface area contributed by atoms with Gasteiger partial charge in [-0.3, -0.25) is 0 Å². The molecule has 0 saturated carbocycles. The van der Waals surface area contributed by atoms with Crippen molar-refractivity contribution in [2.75, 3.05) is 13.2 Å². The van der Waals surface area contributed by atoms with E-state index < -0.39 is 5.60 Å². The lowest BCUT2D eigenvalue weighted by atomic mass is 9.75. The minimum absolute atomic E-state index is 0.0157. The second kappa shape index (κ2) is 9.65. The summed E-state index contributed by atoms with van der Waals surface area (Å²) < 4.78 is 6.50. The molecule has 3 nitrogen and oxygen atoms in total. The van der Waals surface area contributed by atoms with Crippen LogP contribution >= 0.6 is 0 Å². The van der Waals surface area contributed by atoms with Gasteiger partial charge in [-0.05, 0) is 30.0 Å². The summed E-state index contributed by atoms with van der Waals surface area (Å²) in [4.78, 5) is 0. The van der Waals surface area contributed by atoms with Gasteiger partial charge in [0.1, 0.15) is 5.60 Å². The lowest BCUT2D eigenvalue weighted by molar-refractivity contribution is -0.116. The van der Waals surface area contributed by atoms with Crippen LogP contribution in [0.1, 0.15) is 34.6 Å². The van der Waals surface area contributed by atoms with E-state index in [1.165, 1.54) is 0 Å². The molecule has 0 fully saturated rings. The van der Waals surface area contributed by atoms with Gasteiger partial charge in [0.2, 0.25) is 0 Å². The van der Waals surface area contributed by atoms with Crippen molar-refractivity contribution in [2.45, 2.75) is 31.5 Å². The fraction of sp³-hybridized carbons (Fsp3) is 0.280. The average Bonchev–Trinajstić information content (AvgIpc) is 2.76. The van der Waals surface area contributed by atoms with Crippen LogP contribution in [0.25, 0.3) is 0 Å². The summed E-state index contributed by atoms with van der Waals surface area (Å²) in [5, 5.41) is 20.4. The number of hydrogen-bond acceptors (Lipinski definition) is 3. The Bertz CT molecular complexity index is 831. The smallest absolute Gasteiger partial charge is 0.123 e. The lowest BCUT2D eigenvalue weighted by Crippen LogP contribution is -2.41. The zero-order chi connectivity index (χ0) is 19.8. The molecule has 0 amide bonds. The van der Waals surface area contributed by atoms with Crippen LogP contribution in [-0.2, 0) is 16.9 Å². The van der Waals surface area contributed by atoms with Gasteiger partial charge >= 0.3 is 0 Å². The van der Waals surface area contributed by atoms with E-state index in [0.29, 0.717) is 13.0 Å². The molecular weight excluding hydrogens is 348 g/mol. The van der Waals surface area contributed by atoms with Crippen molar-refractivity contribution in [1.82, 2.24) is 0 Å². The number of aliphatic hydroxyl groups excluding tert-OH is 2. The molecule has 3 rings (SSSR count). The Morgan fingerprint density at radius 3 is 2.00 bits per heavy atom. The van der Waals surface area contributed by atoms with Crippen molar-refractivity contribution in [3.8, 4) is 0 Å². The SMILES string of the molecule is Cc1ccc(C(CO)(OCc2ccccc2)C(CCO)c2ccccc2)cc1. The molecule has 0 heterocycles. The molecule has 2 N–H and O–H groups in total. The first-order valence-electron chi connectivity index (χ1n) is 9.71. The van der Waals surface area contributed by atoms with Gasteiger partial charge in [0.15, 0.2) is 0 Å². The molecule has 2 unspecified atom stereocenters. The summed E-state index contributed by atoms with van der Waals surface area (Å²) in [6.07, 6.45) is 0.493. The Morgan fingerprint density at radius 1 is 0.821 bits per heavy atom. The number of ether oxygens (including phenoxy) is 1. The number of hydrogen-bond donors (Lipinski definition) is 2. The highest BCUT2D eigenvalue weighted by molar-refractivity contribution is 5.34. The molecule has 146 valence electrons. The third-order valence-corrected chi connectivity index (χ3v) is 5.30. The van der Waals surface area contributed by atoms with Gasteiger partial charge in [0.05, 0.1) is 13.2 Å². The van der Waals surface area contributed by atoms with Crippen molar-refractivity contribution in [2.24, 2.45) is 0 Å². The monoisotopic (exact) mass is 376 g/mol. The highest BCUT2D eigenvalue weighted by Crippen LogP contribution is 2.43. The predicted molar refractivity (Wildman–Crippen MR) is 112 cm³/mol. The minimum atomic E-state index is -0.951. The zero-order valence-electron chi connectivity index (χ0n) is 16.3. The summed E-state index contributed by atoms with van der Waals surface area (Å²) in [5.74, 6) is -0.185. The molecule has 0 aliphatic heterocycles. The molecule has 0 bridgehead atoms. The van der Waals surface area contributed by atoms with Crippen molar-refractivity contribution >= 4 is 0 Å². The second-order valence-electron chi connectivity index (χ2n) is 7.16. The molecular formula is C25H28O3. The van der Waals surface area contributed by atoms with E-state index in [1.54, 1.807) is 0 Å². The van der Waals surface area contributed by atoms with Gasteiger partial charge in [-0.25, -0.2) is 0 Å². The van der Waals surface area contributed by atoms with E-state index in [9.17, 15) is 10.2 Å². The Morgan fingerprint density at radius 2 is 1.43 bits per heavy atom. The third-order valence-electron chi connectivity index (χ3n) is 5.30. The van der Waals surface area contributed by atoms with Crippen molar-refractivity contribution in [1.29, 1.82) is 0 Å². The van der Waals surface area contributed by atoms with E-state index in [4.69, 9.17) is 4.74 Å². The second-order valence-corrected chi connectivity index (χ2v) is 7.16. The topological polar surface area (TPSA) is 49.7 Å². The van der Waals surface area contributed by atoms with Gasteiger partial charge in [-0.2, -0.15) is 0 Å². The van der Waals surface area contributed by atoms with Crippen LogP contribution in [0.5, 0.6) is 0 Å². The lowest BCUT2D eigenvalue weighted by Gasteiger charge is -2.40. The van der Waals surface area contributed by atoms with Gasteiger partial charge in [-0.15, -0.1) is 0 Å². The first-order chi connectivity index (χ1) is 13.7. The van der Waals surface area contributed by atoms with E-state index in [1.807, 2.05) is 91.9 Å². The Labute approximate surface area is 167 Å². The summed E-state index contributed by atoms with van der Waals surface area (Å²) in [5.41, 5.74) is 3.20. The standard InChI is InChI=1S/C25H28O3/c1-20-12-14-23(15-13-20)25(19-27,28-18-21-8-4-2-5-9-21)24(16-17-26)22-10-6-3-7-11-22/h2-15,24,26-27H,16-19H2,1H3. The van der Waals surface area contributed by atoms with E-state index in [0.717, 1.165) is 22.3 Å². The minimum Gasteiger partial charge on any atom is -0.396 e. The first-order valence-corrected chi connectivity index (χ1v) is 9.71. The quantitative estimate of drug-likeness (QED) is 0.575. The fourth-order valence-corrected chi connectivity index (χ4v) is 3.74. The van der Waals surface area contributed by atoms with Gasteiger partial charge < -0.3 is 14.9 Å². The highest BCUT2D eigenvalue weighted by atomic mass is 16.5. The molecule has 28 heavy (non-hydrogen) atoms. The van der Waals surface area contributed by atoms with E-state index in [2.05, 4.69) is 0 Å². The Kier molecular flexibility index (Phi) is 6.99. The molecule has 0 aromatic heterocycles. The van der Waals surface area contributed by atoms with Crippen LogP contribution in [0.4, 0.5) is 0 Å². The molecule has 0 radical (unpaired) electrons. The van der Waals surface area contributed by atoms with Gasteiger partial charge in [0, 0.05) is 12.5 Å². The number of rotatable bonds is 9. The van der Waals surface area contributed by atoms with Crippen molar-refractivity contribution in [3.05, 3.63) is 107 Å². The summed E-state index contributed by atoms with van der Waals surface area (Å²) in [7, 11) is 0. The van der Waals surface area contributed by atoms with Crippen LogP contribution in [-0.4, -0.2) is 23.4 Å². The van der Waals surface area contributed by atoms with Crippen LogP contribution in [0.15, 0.2) is 84.9 Å². The Hall–Kier alpha value is -2.46. The zero-order valence-corrected chi connectivity index (χ0v) is 16.3. The van der Waals surface area contributed by atoms with Gasteiger partial charge in [0.25, 0.3) is 0 Å². The average molecular weight is 376 g/mol. The van der Waals surface area contributed by atoms with Crippen molar-refractivity contribution in [3.63, 3.8) is 0 Å². The van der Waals surface area contributed by atoms with Gasteiger partial charge in [-0.1, -0.05) is 90.5 Å². The highest BCUT2D eigenvalue weighted by Gasteiger charge is 2.42. The normalized spacial score (nSPS) is 14.4. The first kappa shape index (κ1) is 20.3. The molecule has 3 aromatic carbocycles. The van der Waals surface area contributed by atoms with Crippen LogP contribution in [0.2, 0.25) is 0 Å². The van der Waals surface area contributed by atoms with Crippen LogP contribution < -0.4 is 0 Å². The molecule has 3 aromatic rings. The Balaban J connectivity index is 2.06. The molecule has 0 saturated heterocycles. The molecule has 3 heteroatoms. The van der Waals surface area contributed by atoms with E-state index >= 15 is 0 Å². The summed E-state index contributed by atoms with van der Waals surface area (Å²) in [6, 6.07) is 28.1. The largest absolute Gasteiger partial charge is 0.396 e. The van der Waals surface area contributed by atoms with Crippen LogP contribution in [0.3, 0.4) is 0 Å². The molecule has 2 atom stereocenters. The maximum Gasteiger partial charge on any atom is 0.123 e. The van der Waals surface area contributed by atoms with Crippen LogP contribution in [0, 0.1) is 6.92 Å². The third kappa shape index (κ3) is 4.50. The molecule has 0 aliphatic rings. The number of aryl methyl sites for hydroxylation is 1. The summed E-state index contributed by atoms with van der Waals surface area (Å²) in [6.45, 7) is 2.26. The maximum absolute atomic E-state index is 10.6.